The van der Waals surface area contributed by atoms with Gasteiger partial charge in [0, 0.05) is 0 Å². The summed E-state index contributed by atoms with van der Waals surface area (Å²) >= 11 is 11.2. The molecule has 1 aliphatic heterocycles. The minimum Gasteiger partial charge on any atom is -0.416 e. The fourth-order valence-electron chi connectivity index (χ4n) is 1.33. The molecule has 0 saturated carbocycles. The number of ether oxygens (including phenoxy) is 2. The van der Waals surface area contributed by atoms with E-state index in [1.54, 1.807) is 24.3 Å². The number of hydrogen-bond donors (Lipinski definition) is 0. The number of hydrogen-bond acceptors (Lipinski definition) is 4. The Labute approximate surface area is 113 Å². The molecule has 0 aliphatic carbocycles. The van der Waals surface area contributed by atoms with Crippen LogP contribution in [-0.2, 0) is 14.3 Å². The van der Waals surface area contributed by atoms with Gasteiger partial charge < -0.3 is 9.47 Å². The van der Waals surface area contributed by atoms with Crippen molar-refractivity contribution in [2.24, 2.45) is 0 Å². The van der Waals surface area contributed by atoms with Crippen molar-refractivity contribution < 1.29 is 19.1 Å². The Kier molecular flexibility index (Phi) is 3.59. The van der Waals surface area contributed by atoms with E-state index in [2.05, 4.69) is 4.74 Å². The first-order valence-corrected chi connectivity index (χ1v) is 5.78. The molecule has 0 aromatic heterocycles. The average Bonchev–Trinajstić information content (AvgIpc) is 2.58. The van der Waals surface area contributed by atoms with Gasteiger partial charge in [0.05, 0.1) is 5.56 Å². The highest BCUT2D eigenvalue weighted by Crippen LogP contribution is 2.29. The summed E-state index contributed by atoms with van der Waals surface area (Å²) < 4.78 is 9.62. The quantitative estimate of drug-likeness (QED) is 0.785. The van der Waals surface area contributed by atoms with Crippen molar-refractivity contribution in [1.29, 1.82) is 0 Å². The Balaban J connectivity index is 2.09. The molecule has 0 spiro atoms. The second-order valence-electron chi connectivity index (χ2n) is 3.67. The van der Waals surface area contributed by atoms with Crippen LogP contribution in [0.4, 0.5) is 0 Å². The van der Waals surface area contributed by atoms with Gasteiger partial charge >= 0.3 is 11.9 Å². The van der Waals surface area contributed by atoms with Crippen LogP contribution in [-0.4, -0.2) is 18.2 Å². The largest absolute Gasteiger partial charge is 0.416 e. The van der Waals surface area contributed by atoms with Crippen LogP contribution in [0, 0.1) is 6.92 Å². The molecular weight excluding hydrogens is 279 g/mol. The Morgan fingerprint density at radius 1 is 1.28 bits per heavy atom. The molecule has 1 heterocycles. The zero-order valence-electron chi connectivity index (χ0n) is 9.28. The van der Waals surface area contributed by atoms with Crippen LogP contribution in [0.2, 0.25) is 0 Å². The van der Waals surface area contributed by atoms with Crippen molar-refractivity contribution in [2.45, 2.75) is 13.2 Å². The zero-order chi connectivity index (χ0) is 13.3. The van der Waals surface area contributed by atoms with Crippen LogP contribution in [0.25, 0.3) is 0 Å². The van der Waals surface area contributed by atoms with Crippen LogP contribution < -0.4 is 0 Å². The van der Waals surface area contributed by atoms with Crippen molar-refractivity contribution in [1.82, 2.24) is 0 Å². The van der Waals surface area contributed by atoms with Crippen molar-refractivity contribution >= 4 is 35.1 Å². The van der Waals surface area contributed by atoms with E-state index in [0.717, 1.165) is 5.56 Å². The number of esters is 2. The van der Waals surface area contributed by atoms with Crippen molar-refractivity contribution in [2.75, 3.05) is 0 Å². The highest BCUT2D eigenvalue weighted by Gasteiger charge is 2.35. The molecule has 94 valence electrons. The Morgan fingerprint density at radius 2 is 1.89 bits per heavy atom. The topological polar surface area (TPSA) is 52.6 Å². The maximum absolute atomic E-state index is 11.7. The second kappa shape index (κ2) is 5.00. The summed E-state index contributed by atoms with van der Waals surface area (Å²) in [6.07, 6.45) is -1.26. The Hall–Kier alpha value is -1.52. The van der Waals surface area contributed by atoms with Gasteiger partial charge in [-0.1, -0.05) is 40.9 Å². The fourth-order valence-corrected chi connectivity index (χ4v) is 1.63. The summed E-state index contributed by atoms with van der Waals surface area (Å²) in [6, 6.07) is 6.74. The minimum absolute atomic E-state index is 0.123. The van der Waals surface area contributed by atoms with Gasteiger partial charge in [-0.3, -0.25) is 0 Å². The third-order valence-electron chi connectivity index (χ3n) is 2.31. The van der Waals surface area contributed by atoms with E-state index in [1.807, 2.05) is 6.92 Å². The molecule has 0 fully saturated rings. The molecule has 0 amide bonds. The predicted octanol–water partition coefficient (Wildman–Crippen LogP) is 2.72. The van der Waals surface area contributed by atoms with Crippen LogP contribution >= 0.6 is 23.2 Å². The van der Waals surface area contributed by atoms with Gasteiger partial charge in [-0.2, -0.15) is 0 Å². The van der Waals surface area contributed by atoms with E-state index in [-0.39, 0.29) is 10.1 Å². The molecule has 0 N–H and O–H groups in total. The predicted molar refractivity (Wildman–Crippen MR) is 65.2 cm³/mol. The van der Waals surface area contributed by atoms with Gasteiger partial charge in [0.15, 0.2) is 0 Å². The van der Waals surface area contributed by atoms with Gasteiger partial charge in [-0.15, -0.1) is 0 Å². The Bertz CT molecular complexity index is 534. The first kappa shape index (κ1) is 12.9. The van der Waals surface area contributed by atoms with E-state index >= 15 is 0 Å². The van der Waals surface area contributed by atoms with Crippen LogP contribution in [0.1, 0.15) is 15.9 Å². The monoisotopic (exact) mass is 286 g/mol. The summed E-state index contributed by atoms with van der Waals surface area (Å²) in [5.74, 6) is -1.44. The SMILES string of the molecule is Cc1ccc(C(=O)OC2OC(=O)C(Cl)=C2Cl)cc1. The van der Waals surface area contributed by atoms with E-state index in [4.69, 9.17) is 27.9 Å². The van der Waals surface area contributed by atoms with Crippen LogP contribution in [0.3, 0.4) is 0 Å². The number of halogens is 2. The molecule has 0 bridgehead atoms. The summed E-state index contributed by atoms with van der Waals surface area (Å²) in [5, 5.41) is -0.388. The summed E-state index contributed by atoms with van der Waals surface area (Å²) in [5.41, 5.74) is 1.35. The van der Waals surface area contributed by atoms with Gasteiger partial charge in [0.2, 0.25) is 0 Å². The lowest BCUT2D eigenvalue weighted by Crippen LogP contribution is -2.19. The number of rotatable bonds is 2. The molecule has 1 aromatic carbocycles. The standard InChI is InChI=1S/C12H8Cl2O4/c1-6-2-4-7(5-3-6)10(15)17-12-9(14)8(13)11(16)18-12/h2-5,12H,1H3. The van der Waals surface area contributed by atoms with Crippen LogP contribution in [0.5, 0.6) is 0 Å². The highest BCUT2D eigenvalue weighted by molar-refractivity contribution is 6.48. The summed E-state index contributed by atoms with van der Waals surface area (Å²) in [4.78, 5) is 22.8. The average molecular weight is 287 g/mol. The fraction of sp³-hybridized carbons (Fsp3) is 0.167. The number of cyclic esters (lactones) is 1. The maximum Gasteiger partial charge on any atom is 0.354 e. The number of benzene rings is 1. The summed E-state index contributed by atoms with van der Waals surface area (Å²) in [6.45, 7) is 1.90. The molecule has 1 atom stereocenters. The Morgan fingerprint density at radius 3 is 2.39 bits per heavy atom. The maximum atomic E-state index is 11.7. The van der Waals surface area contributed by atoms with Crippen molar-refractivity contribution in [3.8, 4) is 0 Å². The minimum atomic E-state index is -1.26. The molecule has 1 unspecified atom stereocenters. The lowest BCUT2D eigenvalue weighted by atomic mass is 10.1. The first-order valence-electron chi connectivity index (χ1n) is 5.03. The molecular formula is C12H8Cl2O4. The highest BCUT2D eigenvalue weighted by atomic mass is 35.5. The number of carbonyl (C=O) groups excluding carboxylic acids is 2. The van der Waals surface area contributed by atoms with Gasteiger partial charge in [0.1, 0.15) is 10.1 Å². The third-order valence-corrected chi connectivity index (χ3v) is 3.13. The van der Waals surface area contributed by atoms with Crippen molar-refractivity contribution in [3.63, 3.8) is 0 Å². The van der Waals surface area contributed by atoms with Gasteiger partial charge in [0.25, 0.3) is 6.29 Å². The number of carbonyl (C=O) groups is 2. The zero-order valence-corrected chi connectivity index (χ0v) is 10.8. The van der Waals surface area contributed by atoms with Crippen molar-refractivity contribution in [3.05, 3.63) is 45.5 Å². The molecule has 18 heavy (non-hydrogen) atoms. The molecule has 0 radical (unpaired) electrons. The third kappa shape index (κ3) is 2.49. The lowest BCUT2D eigenvalue weighted by molar-refractivity contribution is -0.151. The van der Waals surface area contributed by atoms with Gasteiger partial charge in [-0.05, 0) is 19.1 Å². The van der Waals surface area contributed by atoms with Crippen LogP contribution in [0.15, 0.2) is 34.3 Å². The molecule has 0 saturated heterocycles. The van der Waals surface area contributed by atoms with E-state index < -0.39 is 18.2 Å². The second-order valence-corrected chi connectivity index (χ2v) is 4.46. The van der Waals surface area contributed by atoms with E-state index in [0.29, 0.717) is 5.56 Å². The molecule has 1 aromatic rings. The summed E-state index contributed by atoms with van der Waals surface area (Å²) in [7, 11) is 0. The van der Waals surface area contributed by atoms with E-state index in [9.17, 15) is 9.59 Å². The molecule has 6 heteroatoms. The lowest BCUT2D eigenvalue weighted by Gasteiger charge is -2.11. The number of aryl methyl sites for hydroxylation is 1. The first-order chi connectivity index (χ1) is 8.49. The molecule has 4 nitrogen and oxygen atoms in total. The van der Waals surface area contributed by atoms with E-state index in [1.165, 1.54) is 0 Å². The normalized spacial score (nSPS) is 18.8. The molecule has 2 rings (SSSR count). The smallest absolute Gasteiger partial charge is 0.354 e. The molecule has 1 aliphatic rings. The van der Waals surface area contributed by atoms with Gasteiger partial charge in [-0.25, -0.2) is 9.59 Å².